The zero-order valence-corrected chi connectivity index (χ0v) is 41.0. The molecule has 62 heavy (non-hydrogen) atoms. The van der Waals surface area contributed by atoms with Crippen molar-refractivity contribution in [1.29, 1.82) is 0 Å². The summed E-state index contributed by atoms with van der Waals surface area (Å²) in [7, 11) is -4.39. The van der Waals surface area contributed by atoms with E-state index in [0.29, 0.717) is 6.42 Å². The van der Waals surface area contributed by atoms with Gasteiger partial charge in [-0.2, -0.15) is 0 Å². The van der Waals surface area contributed by atoms with Gasteiger partial charge in [-0.25, -0.2) is 4.57 Å². The third-order valence-electron chi connectivity index (χ3n) is 11.0. The van der Waals surface area contributed by atoms with Crippen molar-refractivity contribution >= 4 is 19.8 Å². The highest BCUT2D eigenvalue weighted by Crippen LogP contribution is 2.43. The van der Waals surface area contributed by atoms with Crippen molar-refractivity contribution < 1.29 is 37.6 Å². The molecule has 0 fully saturated rings. The molecule has 0 aromatic heterocycles. The number of allylic oxidation sites excluding steroid dienone is 8. The molecule has 0 spiro atoms. The second-order valence-electron chi connectivity index (χ2n) is 17.0. The monoisotopic (exact) mass is 894 g/mol. The summed E-state index contributed by atoms with van der Waals surface area (Å²) >= 11 is 0. The van der Waals surface area contributed by atoms with Gasteiger partial charge in [0.2, 0.25) is 0 Å². The molecule has 0 amide bonds. The molecule has 0 saturated heterocycles. The van der Waals surface area contributed by atoms with Crippen molar-refractivity contribution in [1.82, 2.24) is 0 Å². The molecular weight excluding hydrogens is 798 g/mol. The van der Waals surface area contributed by atoms with E-state index in [0.717, 1.165) is 70.6 Å². The summed E-state index contributed by atoms with van der Waals surface area (Å²) in [5.41, 5.74) is 5.36. The van der Waals surface area contributed by atoms with Crippen molar-refractivity contribution in [2.75, 3.05) is 26.4 Å². The van der Waals surface area contributed by atoms with E-state index in [9.17, 15) is 19.0 Å². The number of carbonyl (C=O) groups is 2. The number of rotatable bonds is 48. The molecule has 0 aliphatic carbocycles. The maximum atomic E-state index is 12.6. The van der Waals surface area contributed by atoms with Crippen molar-refractivity contribution in [3.63, 3.8) is 0 Å². The molecule has 0 aliphatic heterocycles. The van der Waals surface area contributed by atoms with Gasteiger partial charge in [0, 0.05) is 19.4 Å². The molecular formula is C52H96NO8P. The summed E-state index contributed by atoms with van der Waals surface area (Å²) in [6, 6.07) is 0. The molecule has 10 heteroatoms. The molecule has 362 valence electrons. The lowest BCUT2D eigenvalue weighted by Crippen LogP contribution is -2.29. The Bertz CT molecular complexity index is 1160. The second-order valence-corrected chi connectivity index (χ2v) is 18.5. The fraction of sp³-hybridized carbons (Fsp3) is 0.808. The minimum absolute atomic E-state index is 0.0486. The number of esters is 2. The van der Waals surface area contributed by atoms with Crippen LogP contribution in [-0.2, 0) is 32.7 Å². The molecule has 0 heterocycles. The highest BCUT2D eigenvalue weighted by molar-refractivity contribution is 7.47. The average Bonchev–Trinajstić information content (AvgIpc) is 3.26. The van der Waals surface area contributed by atoms with Gasteiger partial charge in [-0.3, -0.25) is 18.6 Å². The third kappa shape index (κ3) is 47.4. The van der Waals surface area contributed by atoms with Gasteiger partial charge in [-0.1, -0.05) is 223 Å². The van der Waals surface area contributed by atoms with Crippen LogP contribution in [0.1, 0.15) is 239 Å². The molecule has 0 aromatic carbocycles. The van der Waals surface area contributed by atoms with E-state index in [1.807, 2.05) is 0 Å². The van der Waals surface area contributed by atoms with Crippen LogP contribution in [0.25, 0.3) is 0 Å². The van der Waals surface area contributed by atoms with Crippen LogP contribution in [0.4, 0.5) is 0 Å². The SMILES string of the molecule is CC/C=C\C/C=C\C/C=C\C/C=C\CCCCCCC(=O)OC(COC(=O)CCCCCCCCCCCCCCCCCCCCCCCCCC)COP(=O)(O)OCCN. The lowest BCUT2D eigenvalue weighted by molar-refractivity contribution is -0.161. The summed E-state index contributed by atoms with van der Waals surface area (Å²) in [5.74, 6) is -0.848. The number of phosphoric acid groups is 1. The molecule has 0 rings (SSSR count). The van der Waals surface area contributed by atoms with E-state index < -0.39 is 26.5 Å². The summed E-state index contributed by atoms with van der Waals surface area (Å²) in [5, 5.41) is 0. The molecule has 2 atom stereocenters. The van der Waals surface area contributed by atoms with Gasteiger partial charge in [0.1, 0.15) is 6.61 Å². The molecule has 0 bridgehead atoms. The van der Waals surface area contributed by atoms with E-state index in [-0.39, 0.29) is 38.6 Å². The molecule has 0 aliphatic rings. The number of phosphoric ester groups is 1. The molecule has 2 unspecified atom stereocenters. The Morgan fingerprint density at radius 1 is 0.500 bits per heavy atom. The molecule has 0 radical (unpaired) electrons. The Kier molecular flexibility index (Phi) is 46.8. The summed E-state index contributed by atoms with van der Waals surface area (Å²) in [4.78, 5) is 35.0. The zero-order valence-electron chi connectivity index (χ0n) is 40.1. The van der Waals surface area contributed by atoms with Gasteiger partial charge in [0.15, 0.2) is 6.10 Å². The standard InChI is InChI=1S/C52H96NO8P/c1-3-5-7-9-11-13-15-17-19-21-22-23-24-25-26-27-29-30-32-34-36-38-40-42-44-51(54)58-48-50(49-60-62(56,57)59-47-46-53)61-52(55)45-43-41-39-37-35-33-31-28-20-18-16-14-12-10-8-6-4-2/h6,8,12,14,18,20,31,33,50H,3-5,7,9-11,13,15-17,19,21-30,32,34-49,53H2,1-2H3,(H,56,57)/b8-6-,14-12-,20-18-,33-31-. The quantitative estimate of drug-likeness (QED) is 0.0265. The maximum Gasteiger partial charge on any atom is 0.472 e. The predicted molar refractivity (Wildman–Crippen MR) is 261 cm³/mol. The molecule has 3 N–H and O–H groups in total. The molecule has 0 aromatic rings. The minimum atomic E-state index is -4.39. The number of unbranched alkanes of at least 4 members (excludes halogenated alkanes) is 27. The zero-order chi connectivity index (χ0) is 45.3. The first-order chi connectivity index (χ1) is 30.3. The maximum absolute atomic E-state index is 12.6. The fourth-order valence-corrected chi connectivity index (χ4v) is 7.98. The van der Waals surface area contributed by atoms with E-state index in [2.05, 4.69) is 62.5 Å². The Morgan fingerprint density at radius 2 is 0.887 bits per heavy atom. The lowest BCUT2D eigenvalue weighted by atomic mass is 10.0. The third-order valence-corrected chi connectivity index (χ3v) is 12.0. The normalized spacial score (nSPS) is 13.5. The average molecular weight is 894 g/mol. The molecule has 0 saturated carbocycles. The van der Waals surface area contributed by atoms with E-state index in [1.165, 1.54) is 135 Å². The van der Waals surface area contributed by atoms with Crippen molar-refractivity contribution in [2.45, 2.75) is 245 Å². The minimum Gasteiger partial charge on any atom is -0.462 e. The fourth-order valence-electron chi connectivity index (χ4n) is 7.22. The summed E-state index contributed by atoms with van der Waals surface area (Å²) < 4.78 is 32.9. The number of hydrogen-bond donors (Lipinski definition) is 2. The summed E-state index contributed by atoms with van der Waals surface area (Å²) in [6.07, 6.45) is 57.3. The first-order valence-corrected chi connectivity index (χ1v) is 27.1. The number of ether oxygens (including phenoxy) is 2. The van der Waals surface area contributed by atoms with Gasteiger partial charge in [-0.05, 0) is 51.4 Å². The molecule has 9 nitrogen and oxygen atoms in total. The largest absolute Gasteiger partial charge is 0.472 e. The van der Waals surface area contributed by atoms with Gasteiger partial charge < -0.3 is 20.1 Å². The topological polar surface area (TPSA) is 134 Å². The van der Waals surface area contributed by atoms with Crippen molar-refractivity contribution in [3.05, 3.63) is 48.6 Å². The highest BCUT2D eigenvalue weighted by atomic mass is 31.2. The van der Waals surface area contributed by atoms with Crippen LogP contribution < -0.4 is 5.73 Å². The first kappa shape index (κ1) is 60.0. The Hall–Kier alpha value is -2.03. The van der Waals surface area contributed by atoms with Gasteiger partial charge in [0.05, 0.1) is 13.2 Å². The van der Waals surface area contributed by atoms with Crippen LogP contribution in [0.3, 0.4) is 0 Å². The van der Waals surface area contributed by atoms with Crippen LogP contribution in [-0.4, -0.2) is 49.3 Å². The van der Waals surface area contributed by atoms with Crippen molar-refractivity contribution in [2.24, 2.45) is 5.73 Å². The van der Waals surface area contributed by atoms with Gasteiger partial charge in [-0.15, -0.1) is 0 Å². The van der Waals surface area contributed by atoms with Crippen LogP contribution in [0, 0.1) is 0 Å². The van der Waals surface area contributed by atoms with Crippen LogP contribution in [0.15, 0.2) is 48.6 Å². The first-order valence-electron chi connectivity index (χ1n) is 25.6. The number of carbonyl (C=O) groups excluding carboxylic acids is 2. The van der Waals surface area contributed by atoms with E-state index >= 15 is 0 Å². The van der Waals surface area contributed by atoms with E-state index in [1.54, 1.807) is 0 Å². The van der Waals surface area contributed by atoms with Crippen LogP contribution in [0.2, 0.25) is 0 Å². The Morgan fingerprint density at radius 3 is 1.32 bits per heavy atom. The Labute approximate surface area is 381 Å². The van der Waals surface area contributed by atoms with E-state index in [4.69, 9.17) is 24.3 Å². The van der Waals surface area contributed by atoms with Crippen molar-refractivity contribution in [3.8, 4) is 0 Å². The highest BCUT2D eigenvalue weighted by Gasteiger charge is 2.26. The lowest BCUT2D eigenvalue weighted by Gasteiger charge is -2.19. The Balaban J connectivity index is 4.02. The predicted octanol–water partition coefficient (Wildman–Crippen LogP) is 15.5. The van der Waals surface area contributed by atoms with Gasteiger partial charge in [0.25, 0.3) is 0 Å². The van der Waals surface area contributed by atoms with Gasteiger partial charge >= 0.3 is 19.8 Å². The number of hydrogen-bond acceptors (Lipinski definition) is 8. The number of nitrogens with two attached hydrogens (primary N) is 1. The van der Waals surface area contributed by atoms with Crippen LogP contribution in [0.5, 0.6) is 0 Å². The van der Waals surface area contributed by atoms with Crippen LogP contribution >= 0.6 is 7.82 Å². The second kappa shape index (κ2) is 48.4. The summed E-state index contributed by atoms with van der Waals surface area (Å²) in [6.45, 7) is 3.62. The smallest absolute Gasteiger partial charge is 0.462 e.